The fraction of sp³-hybridized carbons (Fsp3) is 0.733. The minimum Gasteiger partial charge on any atom is -0.353 e. The molecule has 3 nitrogen and oxygen atoms in total. The monoisotopic (exact) mass is 321 g/mol. The summed E-state index contributed by atoms with van der Waals surface area (Å²) in [6, 6.07) is 5.07. The van der Waals surface area contributed by atoms with Gasteiger partial charge in [0.25, 0.3) is 0 Å². The van der Waals surface area contributed by atoms with Crippen LogP contribution >= 0.6 is 24.8 Å². The number of rotatable bonds is 6. The maximum atomic E-state index is 3.45. The highest BCUT2D eigenvalue weighted by atomic mass is 35.5. The SMILES string of the molecule is CCCCC[C@H](c1cccn1C)N1CCNCC1.Cl.Cl. The molecule has 118 valence electrons. The van der Waals surface area contributed by atoms with Gasteiger partial charge in [-0.05, 0) is 18.6 Å². The summed E-state index contributed by atoms with van der Waals surface area (Å²) in [5.74, 6) is 0. The maximum absolute atomic E-state index is 3.45. The topological polar surface area (TPSA) is 20.2 Å². The first-order valence-corrected chi connectivity index (χ1v) is 7.39. The van der Waals surface area contributed by atoms with Gasteiger partial charge in [0, 0.05) is 45.1 Å². The van der Waals surface area contributed by atoms with E-state index in [0.29, 0.717) is 6.04 Å². The van der Waals surface area contributed by atoms with E-state index in [1.165, 1.54) is 44.5 Å². The number of halogens is 2. The number of aryl methyl sites for hydroxylation is 1. The van der Waals surface area contributed by atoms with Crippen molar-refractivity contribution in [2.75, 3.05) is 26.2 Å². The second-order valence-electron chi connectivity index (χ2n) is 5.34. The number of nitrogens with zero attached hydrogens (tertiary/aromatic N) is 2. The molecule has 0 radical (unpaired) electrons. The van der Waals surface area contributed by atoms with Crippen molar-refractivity contribution in [2.24, 2.45) is 7.05 Å². The Morgan fingerprint density at radius 3 is 2.45 bits per heavy atom. The smallest absolute Gasteiger partial charge is 0.0501 e. The zero-order valence-electron chi connectivity index (χ0n) is 12.7. The summed E-state index contributed by atoms with van der Waals surface area (Å²) in [5.41, 5.74) is 1.48. The van der Waals surface area contributed by atoms with E-state index in [0.717, 1.165) is 13.1 Å². The van der Waals surface area contributed by atoms with E-state index in [1.807, 2.05) is 0 Å². The Morgan fingerprint density at radius 1 is 1.20 bits per heavy atom. The highest BCUT2D eigenvalue weighted by Gasteiger charge is 2.23. The minimum absolute atomic E-state index is 0. The molecule has 2 heterocycles. The molecular weight excluding hydrogens is 293 g/mol. The van der Waals surface area contributed by atoms with E-state index in [4.69, 9.17) is 0 Å². The predicted molar refractivity (Wildman–Crippen MR) is 91.2 cm³/mol. The molecule has 1 atom stereocenters. The largest absolute Gasteiger partial charge is 0.353 e. The zero-order chi connectivity index (χ0) is 12.8. The lowest BCUT2D eigenvalue weighted by Gasteiger charge is -2.35. The van der Waals surface area contributed by atoms with Crippen molar-refractivity contribution in [2.45, 2.75) is 38.6 Å². The molecule has 0 bridgehead atoms. The molecule has 0 saturated carbocycles. The number of hydrogen-bond acceptors (Lipinski definition) is 2. The molecule has 5 heteroatoms. The number of unbranched alkanes of at least 4 members (excludes halogenated alkanes) is 2. The van der Waals surface area contributed by atoms with Gasteiger partial charge in [-0.25, -0.2) is 0 Å². The van der Waals surface area contributed by atoms with Gasteiger partial charge in [0.05, 0.1) is 6.04 Å². The Kier molecular flexibility index (Phi) is 10.4. The minimum atomic E-state index is 0. The molecular formula is C15H29Cl2N3. The summed E-state index contributed by atoms with van der Waals surface area (Å²) in [6.07, 6.45) is 7.47. The molecule has 0 aromatic carbocycles. The Bertz CT molecular complexity index is 349. The molecule has 20 heavy (non-hydrogen) atoms. The van der Waals surface area contributed by atoms with Crippen molar-refractivity contribution in [3.05, 3.63) is 24.0 Å². The summed E-state index contributed by atoms with van der Waals surface area (Å²) in [6.45, 7) is 6.91. The van der Waals surface area contributed by atoms with Gasteiger partial charge in [-0.15, -0.1) is 24.8 Å². The van der Waals surface area contributed by atoms with Gasteiger partial charge in [-0.1, -0.05) is 26.2 Å². The maximum Gasteiger partial charge on any atom is 0.0501 e. The van der Waals surface area contributed by atoms with Crippen LogP contribution in [0.1, 0.15) is 44.3 Å². The lowest BCUT2D eigenvalue weighted by molar-refractivity contribution is 0.157. The fourth-order valence-corrected chi connectivity index (χ4v) is 2.92. The Balaban J connectivity index is 0.00000180. The standard InChI is InChI=1S/C15H27N3.2ClH/c1-3-4-5-7-15(14-8-6-11-17(14)2)18-12-9-16-10-13-18;;/h6,8,11,15-16H,3-5,7,9-10,12-13H2,1-2H3;2*1H/t15-;;/m1../s1. The van der Waals surface area contributed by atoms with Crippen LogP contribution in [-0.4, -0.2) is 35.6 Å². The first kappa shape index (κ1) is 19.8. The summed E-state index contributed by atoms with van der Waals surface area (Å²) >= 11 is 0. The fourth-order valence-electron chi connectivity index (χ4n) is 2.92. The second kappa shape index (κ2) is 10.5. The van der Waals surface area contributed by atoms with Gasteiger partial charge >= 0.3 is 0 Å². The molecule has 1 aliphatic rings. The van der Waals surface area contributed by atoms with Crippen molar-refractivity contribution >= 4 is 24.8 Å². The van der Waals surface area contributed by atoms with Crippen LogP contribution in [0, 0.1) is 0 Å². The van der Waals surface area contributed by atoms with Crippen LogP contribution in [0.3, 0.4) is 0 Å². The number of hydrogen-bond donors (Lipinski definition) is 1. The van der Waals surface area contributed by atoms with Gasteiger partial charge in [0.15, 0.2) is 0 Å². The molecule has 1 aromatic heterocycles. The molecule has 1 saturated heterocycles. The van der Waals surface area contributed by atoms with Crippen molar-refractivity contribution in [3.8, 4) is 0 Å². The zero-order valence-corrected chi connectivity index (χ0v) is 14.3. The van der Waals surface area contributed by atoms with Crippen LogP contribution in [0.4, 0.5) is 0 Å². The van der Waals surface area contributed by atoms with Crippen molar-refractivity contribution in [3.63, 3.8) is 0 Å². The van der Waals surface area contributed by atoms with Crippen molar-refractivity contribution in [1.29, 1.82) is 0 Å². The van der Waals surface area contributed by atoms with Crippen LogP contribution in [0.15, 0.2) is 18.3 Å². The lowest BCUT2D eigenvalue weighted by atomic mass is 10.0. The first-order valence-electron chi connectivity index (χ1n) is 7.39. The molecule has 0 unspecified atom stereocenters. The number of aromatic nitrogens is 1. The summed E-state index contributed by atoms with van der Waals surface area (Å²) in [7, 11) is 2.17. The third-order valence-electron chi connectivity index (χ3n) is 4.00. The third-order valence-corrected chi connectivity index (χ3v) is 4.00. The summed E-state index contributed by atoms with van der Waals surface area (Å²) < 4.78 is 2.29. The Labute approximate surface area is 135 Å². The van der Waals surface area contributed by atoms with Crippen LogP contribution in [0.25, 0.3) is 0 Å². The quantitative estimate of drug-likeness (QED) is 0.810. The second-order valence-corrected chi connectivity index (χ2v) is 5.34. The van der Waals surface area contributed by atoms with E-state index in [9.17, 15) is 0 Å². The average molecular weight is 322 g/mol. The van der Waals surface area contributed by atoms with Gasteiger partial charge < -0.3 is 9.88 Å². The van der Waals surface area contributed by atoms with Crippen LogP contribution in [-0.2, 0) is 7.05 Å². The predicted octanol–water partition coefficient (Wildman–Crippen LogP) is 3.40. The molecule has 0 spiro atoms. The van der Waals surface area contributed by atoms with Crippen LogP contribution < -0.4 is 5.32 Å². The van der Waals surface area contributed by atoms with Gasteiger partial charge in [0.1, 0.15) is 0 Å². The van der Waals surface area contributed by atoms with Gasteiger partial charge in [-0.3, -0.25) is 4.90 Å². The van der Waals surface area contributed by atoms with Crippen LogP contribution in [0.5, 0.6) is 0 Å². The normalized spacial score (nSPS) is 17.1. The number of piperazine rings is 1. The molecule has 0 amide bonds. The number of nitrogens with one attached hydrogen (secondary N) is 1. The molecule has 2 rings (SSSR count). The molecule has 1 aromatic rings. The lowest BCUT2D eigenvalue weighted by Crippen LogP contribution is -2.45. The van der Waals surface area contributed by atoms with Crippen LogP contribution in [0.2, 0.25) is 0 Å². The van der Waals surface area contributed by atoms with E-state index < -0.39 is 0 Å². The summed E-state index contributed by atoms with van der Waals surface area (Å²) in [4.78, 5) is 2.65. The van der Waals surface area contributed by atoms with E-state index in [1.54, 1.807) is 0 Å². The Morgan fingerprint density at radius 2 is 1.90 bits per heavy atom. The van der Waals surface area contributed by atoms with Crippen molar-refractivity contribution in [1.82, 2.24) is 14.8 Å². The third kappa shape index (κ3) is 5.28. The average Bonchev–Trinajstić information content (AvgIpc) is 2.82. The van der Waals surface area contributed by atoms with E-state index >= 15 is 0 Å². The van der Waals surface area contributed by atoms with Crippen molar-refractivity contribution < 1.29 is 0 Å². The molecule has 0 aliphatic carbocycles. The molecule has 1 aliphatic heterocycles. The summed E-state index contributed by atoms with van der Waals surface area (Å²) in [5, 5.41) is 3.45. The van der Waals surface area contributed by atoms with E-state index in [-0.39, 0.29) is 24.8 Å². The Hall–Kier alpha value is -0.220. The highest BCUT2D eigenvalue weighted by Crippen LogP contribution is 2.27. The molecule has 1 N–H and O–H groups in total. The van der Waals surface area contributed by atoms with E-state index in [2.05, 4.69) is 47.1 Å². The van der Waals surface area contributed by atoms with Gasteiger partial charge in [-0.2, -0.15) is 0 Å². The highest BCUT2D eigenvalue weighted by molar-refractivity contribution is 5.85. The first-order chi connectivity index (χ1) is 8.83. The molecule has 1 fully saturated rings. The van der Waals surface area contributed by atoms with Gasteiger partial charge in [0.2, 0.25) is 0 Å².